The van der Waals surface area contributed by atoms with Crippen LogP contribution >= 0.6 is 11.6 Å². The van der Waals surface area contributed by atoms with Crippen molar-refractivity contribution in [2.75, 3.05) is 6.54 Å². The largest absolute Gasteiger partial charge is 0.314 e. The van der Waals surface area contributed by atoms with Gasteiger partial charge in [0.15, 0.2) is 0 Å². The molecule has 0 bridgehead atoms. The maximum Gasteiger partial charge on any atom is 0.0553 e. The maximum atomic E-state index is 6.26. The number of allylic oxidation sites excluding steroid dienone is 4. The molecule has 4 atom stereocenters. The average molecular weight is 373 g/mol. The van der Waals surface area contributed by atoms with Crippen molar-refractivity contribution >= 4 is 11.6 Å². The molecule has 2 nitrogen and oxygen atoms in total. The van der Waals surface area contributed by atoms with Gasteiger partial charge in [-0.05, 0) is 56.6 Å². The van der Waals surface area contributed by atoms with E-state index in [0.717, 1.165) is 25.4 Å². The Kier molecular flexibility index (Phi) is 6.35. The molecule has 4 rings (SSSR count). The second kappa shape index (κ2) is 8.91. The summed E-state index contributed by atoms with van der Waals surface area (Å²) in [5, 5.41) is 7.99. The molecule has 2 fully saturated rings. The number of alkyl halides is 1. The molecular weight excluding hydrogens is 340 g/mol. The van der Waals surface area contributed by atoms with Gasteiger partial charge in [-0.25, -0.2) is 0 Å². The van der Waals surface area contributed by atoms with Gasteiger partial charge in [0, 0.05) is 18.1 Å². The van der Waals surface area contributed by atoms with Crippen LogP contribution in [0.1, 0.15) is 57.8 Å². The first-order valence-electron chi connectivity index (χ1n) is 10.7. The zero-order valence-electron chi connectivity index (χ0n) is 15.8. The standard InChI is InChI=1S/C23H33ClN2/c24-20-12-10-17(11-13-20)23-19(14-15-25-21-7-2-1-3-8-21)16-18-6-4-5-9-22(18)26-23/h4-6,10-12,19-23,25-26H,1-3,7-9,13-16H2/t19-,20?,22?,23-/m0/s1. The van der Waals surface area contributed by atoms with Crippen LogP contribution in [0.15, 0.2) is 47.6 Å². The minimum absolute atomic E-state index is 0.168. The molecule has 0 aromatic rings. The number of hydrogen-bond acceptors (Lipinski definition) is 2. The highest BCUT2D eigenvalue weighted by atomic mass is 35.5. The average Bonchev–Trinajstić information content (AvgIpc) is 2.69. The predicted octanol–water partition coefficient (Wildman–Crippen LogP) is 5.03. The number of piperidine rings is 1. The van der Waals surface area contributed by atoms with E-state index in [0.29, 0.717) is 18.0 Å². The third-order valence-electron chi connectivity index (χ3n) is 6.60. The Morgan fingerprint density at radius 2 is 2.04 bits per heavy atom. The summed E-state index contributed by atoms with van der Waals surface area (Å²) in [6.45, 7) is 1.15. The lowest BCUT2D eigenvalue weighted by atomic mass is 9.76. The quantitative estimate of drug-likeness (QED) is 0.661. The molecule has 1 saturated heterocycles. The van der Waals surface area contributed by atoms with Crippen LogP contribution < -0.4 is 10.6 Å². The van der Waals surface area contributed by atoms with Crippen LogP contribution in [0.3, 0.4) is 0 Å². The highest BCUT2D eigenvalue weighted by Gasteiger charge is 2.34. The molecule has 26 heavy (non-hydrogen) atoms. The summed E-state index contributed by atoms with van der Waals surface area (Å²) in [7, 11) is 0. The van der Waals surface area contributed by atoms with Gasteiger partial charge in [0.05, 0.1) is 5.38 Å². The molecule has 1 heterocycles. The Balaban J connectivity index is 1.40. The zero-order valence-corrected chi connectivity index (χ0v) is 16.6. The Bertz CT molecular complexity index is 597. The predicted molar refractivity (Wildman–Crippen MR) is 112 cm³/mol. The van der Waals surface area contributed by atoms with Gasteiger partial charge in [-0.1, -0.05) is 61.3 Å². The highest BCUT2D eigenvalue weighted by Crippen LogP contribution is 2.35. The van der Waals surface area contributed by atoms with Crippen LogP contribution in [0.2, 0.25) is 0 Å². The van der Waals surface area contributed by atoms with Gasteiger partial charge in [0.1, 0.15) is 0 Å². The van der Waals surface area contributed by atoms with Gasteiger partial charge in [-0.2, -0.15) is 0 Å². The van der Waals surface area contributed by atoms with E-state index in [1.54, 1.807) is 5.57 Å². The lowest BCUT2D eigenvalue weighted by molar-refractivity contribution is 0.283. The number of fused-ring (bicyclic) bond motifs is 1. The minimum atomic E-state index is 0.168. The minimum Gasteiger partial charge on any atom is -0.314 e. The summed E-state index contributed by atoms with van der Waals surface area (Å²) >= 11 is 6.26. The lowest BCUT2D eigenvalue weighted by Gasteiger charge is -2.41. The molecular formula is C23H33ClN2. The van der Waals surface area contributed by atoms with E-state index < -0.39 is 0 Å². The van der Waals surface area contributed by atoms with Crippen molar-refractivity contribution in [2.45, 2.75) is 81.3 Å². The SMILES string of the molecule is ClC1C=CC([C@@H]2NC3CC=CC=C3C[C@@H]2CCNC2CCCCC2)=CC1. The third kappa shape index (κ3) is 4.52. The molecule has 2 N–H and O–H groups in total. The molecule has 3 heteroatoms. The van der Waals surface area contributed by atoms with Crippen molar-refractivity contribution < 1.29 is 0 Å². The Morgan fingerprint density at radius 1 is 1.15 bits per heavy atom. The third-order valence-corrected chi connectivity index (χ3v) is 6.93. The van der Waals surface area contributed by atoms with Crippen molar-refractivity contribution in [3.05, 3.63) is 47.6 Å². The number of hydrogen-bond donors (Lipinski definition) is 2. The first-order valence-corrected chi connectivity index (χ1v) is 11.1. The monoisotopic (exact) mass is 372 g/mol. The van der Waals surface area contributed by atoms with Gasteiger partial charge in [-0.3, -0.25) is 0 Å². The highest BCUT2D eigenvalue weighted by molar-refractivity contribution is 6.22. The lowest BCUT2D eigenvalue weighted by Crippen LogP contribution is -2.50. The van der Waals surface area contributed by atoms with Crippen LogP contribution in [0.5, 0.6) is 0 Å². The summed E-state index contributed by atoms with van der Waals surface area (Å²) in [6, 6.07) is 1.75. The number of halogens is 1. The first kappa shape index (κ1) is 18.5. The van der Waals surface area contributed by atoms with Gasteiger partial charge in [0.25, 0.3) is 0 Å². The van der Waals surface area contributed by atoms with Crippen LogP contribution in [-0.2, 0) is 0 Å². The second-order valence-electron chi connectivity index (χ2n) is 8.46. The normalized spacial score (nSPS) is 35.0. The fraction of sp³-hybridized carbons (Fsp3) is 0.652. The molecule has 142 valence electrons. The van der Waals surface area contributed by atoms with Crippen molar-refractivity contribution in [2.24, 2.45) is 5.92 Å². The van der Waals surface area contributed by atoms with Crippen molar-refractivity contribution in [3.63, 3.8) is 0 Å². The molecule has 2 unspecified atom stereocenters. The molecule has 3 aliphatic carbocycles. The fourth-order valence-corrected chi connectivity index (χ4v) is 5.25. The van der Waals surface area contributed by atoms with Gasteiger partial charge in [0.2, 0.25) is 0 Å². The van der Waals surface area contributed by atoms with Gasteiger partial charge >= 0.3 is 0 Å². The van der Waals surface area contributed by atoms with Gasteiger partial charge in [-0.15, -0.1) is 11.6 Å². The van der Waals surface area contributed by atoms with E-state index in [1.807, 2.05) is 0 Å². The van der Waals surface area contributed by atoms with Crippen LogP contribution in [0, 0.1) is 5.92 Å². The molecule has 0 aromatic carbocycles. The second-order valence-corrected chi connectivity index (χ2v) is 9.02. The van der Waals surface area contributed by atoms with Crippen LogP contribution in [0.4, 0.5) is 0 Å². The molecule has 0 aromatic heterocycles. The van der Waals surface area contributed by atoms with Crippen molar-refractivity contribution in [3.8, 4) is 0 Å². The smallest absolute Gasteiger partial charge is 0.0553 e. The number of rotatable bonds is 5. The Hall–Kier alpha value is -0.830. The molecule has 1 saturated carbocycles. The van der Waals surface area contributed by atoms with E-state index in [2.05, 4.69) is 47.1 Å². The summed E-state index contributed by atoms with van der Waals surface area (Å²) in [6.07, 6.45) is 25.2. The van der Waals surface area contributed by atoms with E-state index in [1.165, 1.54) is 50.5 Å². The van der Waals surface area contributed by atoms with Crippen molar-refractivity contribution in [1.82, 2.24) is 10.6 Å². The molecule has 1 aliphatic heterocycles. The molecule has 0 amide bonds. The van der Waals surface area contributed by atoms with Crippen molar-refractivity contribution in [1.29, 1.82) is 0 Å². The summed E-state index contributed by atoms with van der Waals surface area (Å²) < 4.78 is 0. The van der Waals surface area contributed by atoms with E-state index in [4.69, 9.17) is 11.6 Å². The summed E-state index contributed by atoms with van der Waals surface area (Å²) in [4.78, 5) is 0. The van der Waals surface area contributed by atoms with Crippen LogP contribution in [0.25, 0.3) is 0 Å². The van der Waals surface area contributed by atoms with E-state index in [-0.39, 0.29) is 5.38 Å². The topological polar surface area (TPSA) is 24.1 Å². The summed E-state index contributed by atoms with van der Waals surface area (Å²) in [5.74, 6) is 0.669. The molecule has 0 radical (unpaired) electrons. The van der Waals surface area contributed by atoms with E-state index >= 15 is 0 Å². The number of nitrogens with one attached hydrogen (secondary N) is 2. The Labute approximate surface area is 163 Å². The molecule has 0 spiro atoms. The first-order chi connectivity index (χ1) is 12.8. The maximum absolute atomic E-state index is 6.26. The summed E-state index contributed by atoms with van der Waals surface area (Å²) in [5.41, 5.74) is 3.06. The molecule has 4 aliphatic rings. The fourth-order valence-electron chi connectivity index (χ4n) is 5.09. The van der Waals surface area contributed by atoms with Gasteiger partial charge < -0.3 is 10.6 Å². The Morgan fingerprint density at radius 3 is 2.85 bits per heavy atom. The van der Waals surface area contributed by atoms with E-state index in [9.17, 15) is 0 Å². The van der Waals surface area contributed by atoms with Crippen LogP contribution in [-0.4, -0.2) is 30.0 Å². The zero-order chi connectivity index (χ0) is 17.8.